The summed E-state index contributed by atoms with van der Waals surface area (Å²) < 4.78 is 37.9. The molecule has 0 saturated heterocycles. The first kappa shape index (κ1) is 18.3. The van der Waals surface area contributed by atoms with E-state index >= 15 is 0 Å². The van der Waals surface area contributed by atoms with Crippen molar-refractivity contribution in [2.45, 2.75) is 20.8 Å². The molecule has 0 unspecified atom stereocenters. The summed E-state index contributed by atoms with van der Waals surface area (Å²) in [5.41, 5.74) is 4.74. The molecule has 9 nitrogen and oxygen atoms in total. The molecule has 0 bridgehead atoms. The fourth-order valence-corrected chi connectivity index (χ4v) is 2.04. The number of aryl methyl sites for hydroxylation is 2. The Morgan fingerprint density at radius 3 is 2.23 bits per heavy atom. The van der Waals surface area contributed by atoms with Gasteiger partial charge in [-0.25, -0.2) is 28.2 Å². The number of imidazole rings is 1. The van der Waals surface area contributed by atoms with Gasteiger partial charge in [0.1, 0.15) is 11.4 Å². The lowest BCUT2D eigenvalue weighted by Crippen LogP contribution is -2.68. The highest BCUT2D eigenvalue weighted by atomic mass is 35.7. The van der Waals surface area contributed by atoms with Crippen molar-refractivity contribution in [2.24, 2.45) is 7.05 Å². The Balaban J connectivity index is 0.000000422. The van der Waals surface area contributed by atoms with Gasteiger partial charge in [0.15, 0.2) is 6.33 Å². The molecule has 1 N–H and O–H groups in total. The maximum Gasteiger partial charge on any atom is 0.319 e. The van der Waals surface area contributed by atoms with Gasteiger partial charge in [-0.1, -0.05) is 0 Å². The van der Waals surface area contributed by atoms with Crippen LogP contribution in [0.1, 0.15) is 27.4 Å². The van der Waals surface area contributed by atoms with E-state index in [0.717, 1.165) is 17.0 Å². The summed E-state index contributed by atoms with van der Waals surface area (Å²) in [7, 11) is -1.38. The zero-order valence-electron chi connectivity index (χ0n) is 12.8. The first-order valence-electron chi connectivity index (χ1n) is 6.15. The maximum atomic E-state index is 11.7. The van der Waals surface area contributed by atoms with E-state index in [0.29, 0.717) is 5.69 Å². The molecule has 2 aromatic heterocycles. The van der Waals surface area contributed by atoms with Gasteiger partial charge >= 0.3 is 5.65 Å². The van der Waals surface area contributed by atoms with Crippen molar-refractivity contribution in [3.8, 4) is 0 Å². The third kappa shape index (κ3) is 3.90. The van der Waals surface area contributed by atoms with Gasteiger partial charge in [0.05, 0.1) is 7.05 Å². The number of aromatic nitrogens is 3. The van der Waals surface area contributed by atoms with Crippen LogP contribution < -0.4 is 28.5 Å². The molecule has 2 heterocycles. The van der Waals surface area contributed by atoms with Crippen LogP contribution in [0.2, 0.25) is 0 Å². The molecule has 0 radical (unpaired) electrons. The third-order valence-corrected chi connectivity index (χ3v) is 3.45. The summed E-state index contributed by atoms with van der Waals surface area (Å²) in [6, 6.07) is 0. The molecule has 122 valence electrons. The molecular weight excluding hydrogens is 316 g/mol. The van der Waals surface area contributed by atoms with E-state index < -0.39 is 10.2 Å². The average Bonchev–Trinajstić information content (AvgIpc) is 2.85. The number of fused-ring (bicyclic) bond motifs is 1. The Hall–Kier alpha value is -1.78. The quantitative estimate of drug-likeness (QED) is 0.523. The van der Waals surface area contributed by atoms with Crippen molar-refractivity contribution in [1.29, 1.82) is 0 Å². The molecule has 0 atom stereocenters. The van der Waals surface area contributed by atoms with Gasteiger partial charge in [-0.2, -0.15) is 4.40 Å². The van der Waals surface area contributed by atoms with E-state index in [-0.39, 0.29) is 5.91 Å². The number of carbonyl (C=O) groups excluding carboxylic acids is 1. The highest BCUT2D eigenvalue weighted by Crippen LogP contribution is 2.14. The number of halogens is 1. The molecule has 0 fully saturated rings. The van der Waals surface area contributed by atoms with Gasteiger partial charge < -0.3 is 5.32 Å². The molecule has 0 aliphatic heterocycles. The highest BCUT2D eigenvalue weighted by Gasteiger charge is 2.24. The number of nitrogens with zero attached hydrogens (tertiary/aromatic N) is 3. The zero-order valence-corrected chi connectivity index (χ0v) is 13.6. The lowest BCUT2D eigenvalue weighted by Gasteiger charge is -2.17. The number of rotatable bonds is 1. The predicted molar refractivity (Wildman–Crippen MR) is 64.0 cm³/mol. The van der Waals surface area contributed by atoms with E-state index in [1.54, 1.807) is 13.4 Å². The smallest absolute Gasteiger partial charge is 0.319 e. The Kier molecular flexibility index (Phi) is 5.44. The molecule has 0 aromatic carbocycles. The molecule has 2 rings (SSSR count). The third-order valence-electron chi connectivity index (χ3n) is 3.45. The van der Waals surface area contributed by atoms with Crippen LogP contribution in [0.25, 0.3) is 5.65 Å². The number of nitrogens with one attached hydrogen (secondary N) is 1. The van der Waals surface area contributed by atoms with E-state index in [9.17, 15) is 4.79 Å². The summed E-state index contributed by atoms with van der Waals surface area (Å²) in [6.45, 7) is 6.15. The number of hydrogen-bond donors (Lipinski definition) is 1. The van der Waals surface area contributed by atoms with Crippen molar-refractivity contribution in [3.05, 3.63) is 29.0 Å². The van der Waals surface area contributed by atoms with Gasteiger partial charge in [-0.15, -0.1) is 10.2 Å². The van der Waals surface area contributed by atoms with E-state index in [1.807, 2.05) is 29.9 Å². The fraction of sp³-hybridized carbons (Fsp3) is 0.417. The molecule has 22 heavy (non-hydrogen) atoms. The lowest BCUT2D eigenvalue weighted by atomic mass is 10.2. The summed E-state index contributed by atoms with van der Waals surface area (Å²) in [5, 5.41) is 2.61. The Bertz CT molecular complexity index is 702. The Morgan fingerprint density at radius 1 is 1.27 bits per heavy atom. The second-order valence-electron chi connectivity index (χ2n) is 4.60. The topological polar surface area (TPSA) is 143 Å². The van der Waals surface area contributed by atoms with Crippen LogP contribution in [0.4, 0.5) is 0 Å². The zero-order chi connectivity index (χ0) is 17.2. The molecule has 0 spiro atoms. The first-order chi connectivity index (χ1) is 9.99. The molecule has 10 heteroatoms. The van der Waals surface area contributed by atoms with Crippen molar-refractivity contribution in [2.75, 3.05) is 7.05 Å². The number of amides is 1. The minimum absolute atomic E-state index is 0.161. The van der Waals surface area contributed by atoms with E-state index in [1.165, 1.54) is 5.56 Å². The van der Waals surface area contributed by atoms with Crippen LogP contribution in [0.5, 0.6) is 0 Å². The van der Waals surface area contributed by atoms with Crippen LogP contribution >= 0.6 is 0 Å². The molecule has 0 aliphatic carbocycles. The van der Waals surface area contributed by atoms with Crippen molar-refractivity contribution < 1.29 is 38.2 Å². The maximum absolute atomic E-state index is 11.7. The molecule has 2 aromatic rings. The second kappa shape index (κ2) is 6.55. The number of hydrogen-bond acceptors (Lipinski definition) is 6. The van der Waals surface area contributed by atoms with Crippen molar-refractivity contribution in [1.82, 2.24) is 14.7 Å². The van der Waals surface area contributed by atoms with Crippen LogP contribution in [0, 0.1) is 31.0 Å². The van der Waals surface area contributed by atoms with Crippen LogP contribution in [-0.2, 0) is 7.05 Å². The highest BCUT2D eigenvalue weighted by molar-refractivity contribution is 5.97. The van der Waals surface area contributed by atoms with E-state index in [2.05, 4.69) is 17.2 Å². The van der Waals surface area contributed by atoms with Crippen LogP contribution in [-0.4, -0.2) is 22.3 Å². The Labute approximate surface area is 129 Å². The van der Waals surface area contributed by atoms with Crippen LogP contribution in [0.3, 0.4) is 0 Å². The molecule has 1 amide bonds. The molecule has 0 saturated carbocycles. The van der Waals surface area contributed by atoms with Gasteiger partial charge in [-0.3, -0.25) is 4.79 Å². The lowest BCUT2D eigenvalue weighted by molar-refractivity contribution is -2.00. The van der Waals surface area contributed by atoms with Crippen molar-refractivity contribution >= 4 is 11.6 Å². The van der Waals surface area contributed by atoms with Crippen molar-refractivity contribution in [3.63, 3.8) is 0 Å². The molecule has 0 aliphatic rings. The normalized spacial score (nSPS) is 11.1. The SMILES string of the molecule is CNC(=O)c1ncn2c(C)c(C)c(C)[n+](C)c12.[O-][Cl+3]([O-])([O-])[O-]. The van der Waals surface area contributed by atoms with Gasteiger partial charge in [0, 0.05) is 12.6 Å². The fourth-order valence-electron chi connectivity index (χ4n) is 2.04. The average molecular weight is 333 g/mol. The monoisotopic (exact) mass is 332 g/mol. The minimum atomic E-state index is -4.94. The largest absolute Gasteiger partial charge is 0.353 e. The second-order valence-corrected chi connectivity index (χ2v) is 5.35. The van der Waals surface area contributed by atoms with E-state index in [4.69, 9.17) is 18.6 Å². The standard InChI is InChI=1S/C12H16N4O.ClHO4/c1-7-8(2)15(5)12-10(11(17)13-4)14-6-16(12)9(7)3;2-1(3,4)5/h6H,1-5H3;(H,2,3,4,5). The first-order valence-corrected chi connectivity index (χ1v) is 7.39. The summed E-state index contributed by atoms with van der Waals surface area (Å²) >= 11 is 0. The van der Waals surface area contributed by atoms with Crippen LogP contribution in [0.15, 0.2) is 6.33 Å². The summed E-state index contributed by atoms with van der Waals surface area (Å²) in [4.78, 5) is 15.9. The predicted octanol–water partition coefficient (Wildman–Crippen LogP) is -4.31. The Morgan fingerprint density at radius 2 is 1.77 bits per heavy atom. The summed E-state index contributed by atoms with van der Waals surface area (Å²) in [6.07, 6.45) is 1.70. The minimum Gasteiger partial charge on any atom is -0.353 e. The number of carbonyl (C=O) groups is 1. The van der Waals surface area contributed by atoms with Gasteiger partial charge in [-0.05, 0) is 20.8 Å². The summed E-state index contributed by atoms with van der Waals surface area (Å²) in [5.74, 6) is -0.161. The van der Waals surface area contributed by atoms with Gasteiger partial charge in [0.25, 0.3) is 5.91 Å². The van der Waals surface area contributed by atoms with Gasteiger partial charge in [0.2, 0.25) is 5.69 Å². The molecular formula is C12H17ClN4O5.